The molecule has 0 amide bonds. The van der Waals surface area contributed by atoms with Crippen molar-refractivity contribution in [3.8, 4) is 11.4 Å². The van der Waals surface area contributed by atoms with Crippen LogP contribution in [0.5, 0.6) is 0 Å². The van der Waals surface area contributed by atoms with Crippen molar-refractivity contribution in [3.63, 3.8) is 0 Å². The summed E-state index contributed by atoms with van der Waals surface area (Å²) in [5.74, 6) is 1.63. The van der Waals surface area contributed by atoms with Crippen molar-refractivity contribution >= 4 is 29.3 Å². The molecule has 2 aromatic heterocycles. The lowest BCUT2D eigenvalue weighted by Crippen LogP contribution is -1.97. The van der Waals surface area contributed by atoms with Crippen LogP contribution in [0.3, 0.4) is 0 Å². The zero-order valence-corrected chi connectivity index (χ0v) is 13.3. The van der Waals surface area contributed by atoms with Crippen LogP contribution in [0.4, 0.5) is 5.95 Å². The smallest absolute Gasteiger partial charge is 0.216 e. The Morgan fingerprint density at radius 3 is 2.64 bits per heavy atom. The van der Waals surface area contributed by atoms with Gasteiger partial charge < -0.3 is 5.73 Å². The number of hydrogen-bond acceptors (Lipinski definition) is 6. The van der Waals surface area contributed by atoms with Crippen LogP contribution in [0.15, 0.2) is 35.5 Å². The Labute approximate surface area is 136 Å². The molecule has 0 bridgehead atoms. The van der Waals surface area contributed by atoms with Crippen LogP contribution < -0.4 is 5.73 Å². The Hall–Kier alpha value is -2.12. The molecule has 3 aromatic rings. The minimum atomic E-state index is 0.309. The number of anilines is 1. The number of aryl methyl sites for hydroxylation is 1. The first-order valence-corrected chi connectivity index (χ1v) is 7.88. The van der Waals surface area contributed by atoms with Crippen molar-refractivity contribution in [2.45, 2.75) is 17.8 Å². The van der Waals surface area contributed by atoms with Gasteiger partial charge in [-0.1, -0.05) is 23.4 Å². The summed E-state index contributed by atoms with van der Waals surface area (Å²) in [5, 5.41) is 7.88. The second-order valence-corrected chi connectivity index (χ2v) is 6.00. The van der Waals surface area contributed by atoms with E-state index in [1.165, 1.54) is 11.8 Å². The van der Waals surface area contributed by atoms with Crippen molar-refractivity contribution in [3.05, 3.63) is 46.7 Å². The molecule has 0 spiro atoms. The molecule has 1 aromatic carbocycles. The Balaban J connectivity index is 1.81. The maximum atomic E-state index is 5.91. The number of nitrogens with zero attached hydrogens (tertiary/aromatic N) is 4. The highest BCUT2D eigenvalue weighted by atomic mass is 35.5. The molecule has 0 saturated heterocycles. The predicted octanol–water partition coefficient (Wildman–Crippen LogP) is 3.10. The van der Waals surface area contributed by atoms with Gasteiger partial charge in [0.15, 0.2) is 5.82 Å². The van der Waals surface area contributed by atoms with E-state index >= 15 is 0 Å². The maximum absolute atomic E-state index is 5.91. The third kappa shape index (κ3) is 3.55. The molecule has 0 aliphatic rings. The van der Waals surface area contributed by atoms with Crippen LogP contribution in [0.25, 0.3) is 11.4 Å². The molecular formula is C14H13ClN6S. The molecule has 22 heavy (non-hydrogen) atoms. The van der Waals surface area contributed by atoms with Crippen LogP contribution >= 0.6 is 23.4 Å². The first-order chi connectivity index (χ1) is 10.6. The average molecular weight is 333 g/mol. The first kappa shape index (κ1) is 14.8. The minimum Gasteiger partial charge on any atom is -0.368 e. The van der Waals surface area contributed by atoms with Gasteiger partial charge in [-0.05, 0) is 37.3 Å². The normalized spacial score (nSPS) is 10.8. The van der Waals surface area contributed by atoms with Crippen LogP contribution in [0.1, 0.15) is 11.4 Å². The SMILES string of the molecule is Cc1cc(CSc2n[nH]c(N)n2)nc(-c2ccc(Cl)cc2)n1. The summed E-state index contributed by atoms with van der Waals surface area (Å²) < 4.78 is 0. The zero-order chi connectivity index (χ0) is 15.5. The topological polar surface area (TPSA) is 93.4 Å². The van der Waals surface area contributed by atoms with E-state index in [1.807, 2.05) is 37.3 Å². The number of aromatic amines is 1. The molecule has 112 valence electrons. The van der Waals surface area contributed by atoms with Gasteiger partial charge in [-0.2, -0.15) is 4.98 Å². The van der Waals surface area contributed by atoms with Crippen molar-refractivity contribution in [1.82, 2.24) is 25.1 Å². The molecule has 3 N–H and O–H groups in total. The fraction of sp³-hybridized carbons (Fsp3) is 0.143. The Morgan fingerprint density at radius 2 is 1.95 bits per heavy atom. The second-order valence-electron chi connectivity index (χ2n) is 4.62. The van der Waals surface area contributed by atoms with Gasteiger partial charge in [0.05, 0.1) is 5.69 Å². The number of benzene rings is 1. The quantitative estimate of drug-likeness (QED) is 0.713. The minimum absolute atomic E-state index is 0.309. The van der Waals surface area contributed by atoms with E-state index in [4.69, 9.17) is 17.3 Å². The lowest BCUT2D eigenvalue weighted by Gasteiger charge is -2.05. The van der Waals surface area contributed by atoms with Crippen molar-refractivity contribution in [2.75, 3.05) is 5.73 Å². The van der Waals surface area contributed by atoms with Crippen molar-refractivity contribution in [2.24, 2.45) is 0 Å². The number of H-pyrrole nitrogens is 1. The third-order valence-electron chi connectivity index (χ3n) is 2.84. The molecular weight excluding hydrogens is 320 g/mol. The molecule has 2 heterocycles. The van der Waals surface area contributed by atoms with Crippen LogP contribution in [0.2, 0.25) is 5.02 Å². The van der Waals surface area contributed by atoms with E-state index in [1.54, 1.807) is 0 Å². The molecule has 0 saturated carbocycles. The molecule has 0 atom stereocenters. The monoisotopic (exact) mass is 332 g/mol. The van der Waals surface area contributed by atoms with Gasteiger partial charge in [0.25, 0.3) is 0 Å². The Kier molecular flexibility index (Phi) is 4.26. The summed E-state index contributed by atoms with van der Waals surface area (Å²) in [4.78, 5) is 13.1. The standard InChI is InChI=1S/C14H13ClN6S/c1-8-6-11(7-22-14-19-13(16)20-21-14)18-12(17-8)9-2-4-10(15)5-3-9/h2-6H,7H2,1H3,(H3,16,19,20,21). The summed E-state index contributed by atoms with van der Waals surface area (Å²) in [6, 6.07) is 9.41. The second kappa shape index (κ2) is 6.33. The zero-order valence-electron chi connectivity index (χ0n) is 11.7. The average Bonchev–Trinajstić information content (AvgIpc) is 2.91. The van der Waals surface area contributed by atoms with E-state index in [2.05, 4.69) is 25.1 Å². The molecule has 0 unspecified atom stereocenters. The van der Waals surface area contributed by atoms with Gasteiger partial charge in [0, 0.05) is 22.0 Å². The Morgan fingerprint density at radius 1 is 1.18 bits per heavy atom. The van der Waals surface area contributed by atoms with Gasteiger partial charge in [-0.15, -0.1) is 5.10 Å². The van der Waals surface area contributed by atoms with E-state index in [-0.39, 0.29) is 0 Å². The number of nitrogens with one attached hydrogen (secondary N) is 1. The molecule has 0 aliphatic heterocycles. The fourth-order valence-electron chi connectivity index (χ4n) is 1.90. The lowest BCUT2D eigenvalue weighted by molar-refractivity contribution is 0.970. The third-order valence-corrected chi connectivity index (χ3v) is 3.97. The summed E-state index contributed by atoms with van der Waals surface area (Å²) in [6.45, 7) is 1.94. The van der Waals surface area contributed by atoms with Crippen LogP contribution in [-0.2, 0) is 5.75 Å². The molecule has 8 heteroatoms. The summed E-state index contributed by atoms with van der Waals surface area (Å²) in [6.07, 6.45) is 0. The number of aromatic nitrogens is 5. The van der Waals surface area contributed by atoms with Gasteiger partial charge in [0.2, 0.25) is 11.1 Å². The molecule has 3 rings (SSSR count). The summed E-state index contributed by atoms with van der Waals surface area (Å²) in [5.41, 5.74) is 8.25. The van der Waals surface area contributed by atoms with Crippen LogP contribution in [0, 0.1) is 6.92 Å². The van der Waals surface area contributed by atoms with Gasteiger partial charge in [-0.3, -0.25) is 0 Å². The molecule has 6 nitrogen and oxygen atoms in total. The van der Waals surface area contributed by atoms with E-state index < -0.39 is 0 Å². The lowest BCUT2D eigenvalue weighted by atomic mass is 10.2. The van der Waals surface area contributed by atoms with Crippen molar-refractivity contribution in [1.29, 1.82) is 0 Å². The largest absolute Gasteiger partial charge is 0.368 e. The summed E-state index contributed by atoms with van der Waals surface area (Å²) in [7, 11) is 0. The predicted molar refractivity (Wildman–Crippen MR) is 87.6 cm³/mol. The highest BCUT2D eigenvalue weighted by molar-refractivity contribution is 7.98. The van der Waals surface area contributed by atoms with E-state index in [0.717, 1.165) is 17.0 Å². The summed E-state index contributed by atoms with van der Waals surface area (Å²) >= 11 is 7.37. The molecule has 0 aliphatic carbocycles. The van der Waals surface area contributed by atoms with Crippen LogP contribution in [-0.4, -0.2) is 25.1 Å². The molecule has 0 fully saturated rings. The molecule has 0 radical (unpaired) electrons. The number of halogens is 1. The Bertz CT molecular complexity index is 786. The number of nitrogen functional groups attached to an aromatic ring is 1. The van der Waals surface area contributed by atoms with E-state index in [9.17, 15) is 0 Å². The van der Waals surface area contributed by atoms with Gasteiger partial charge >= 0.3 is 0 Å². The van der Waals surface area contributed by atoms with Gasteiger partial charge in [0.1, 0.15) is 0 Å². The number of rotatable bonds is 4. The highest BCUT2D eigenvalue weighted by Gasteiger charge is 2.07. The highest BCUT2D eigenvalue weighted by Crippen LogP contribution is 2.22. The fourth-order valence-corrected chi connectivity index (χ4v) is 2.72. The van der Waals surface area contributed by atoms with Gasteiger partial charge in [-0.25, -0.2) is 15.1 Å². The number of thioether (sulfide) groups is 1. The number of nitrogens with two attached hydrogens (primary N) is 1. The van der Waals surface area contributed by atoms with Crippen molar-refractivity contribution < 1.29 is 0 Å². The number of hydrogen-bond donors (Lipinski definition) is 2. The first-order valence-electron chi connectivity index (χ1n) is 6.51. The van der Waals surface area contributed by atoms with E-state index in [0.29, 0.717) is 27.7 Å². The maximum Gasteiger partial charge on any atom is 0.216 e.